The zero-order valence-electron chi connectivity index (χ0n) is 18.1. The molecule has 0 spiro atoms. The zero-order valence-corrected chi connectivity index (χ0v) is 19.8. The van der Waals surface area contributed by atoms with Crippen molar-refractivity contribution in [1.29, 1.82) is 0 Å². The van der Waals surface area contributed by atoms with Crippen LogP contribution in [-0.2, 0) is 12.2 Å². The predicted octanol–water partition coefficient (Wildman–Crippen LogP) is 5.25. The van der Waals surface area contributed by atoms with Crippen molar-refractivity contribution in [3.63, 3.8) is 0 Å². The summed E-state index contributed by atoms with van der Waals surface area (Å²) in [5.41, 5.74) is 2.42. The third-order valence-electron chi connectivity index (χ3n) is 5.04. The highest BCUT2D eigenvalue weighted by Crippen LogP contribution is 2.31. The minimum Gasteiger partial charge on any atom is -0.447 e. The van der Waals surface area contributed by atoms with Crippen LogP contribution in [0.15, 0.2) is 94.0 Å². The van der Waals surface area contributed by atoms with Gasteiger partial charge in [0.05, 0.1) is 10.6 Å². The first kappa shape index (κ1) is 22.1. The van der Waals surface area contributed by atoms with Crippen LogP contribution in [0.1, 0.15) is 21.9 Å². The van der Waals surface area contributed by atoms with E-state index in [-0.39, 0.29) is 11.6 Å². The fourth-order valence-electron chi connectivity index (χ4n) is 3.40. The van der Waals surface area contributed by atoms with Crippen LogP contribution in [0.4, 0.5) is 0 Å². The van der Waals surface area contributed by atoms with Gasteiger partial charge in [0.1, 0.15) is 6.26 Å². The van der Waals surface area contributed by atoms with Crippen LogP contribution in [0.3, 0.4) is 0 Å². The molecule has 0 saturated heterocycles. The number of amides is 1. The fourth-order valence-corrected chi connectivity index (χ4v) is 4.91. The summed E-state index contributed by atoms with van der Waals surface area (Å²) in [6.45, 7) is 0.533. The van der Waals surface area contributed by atoms with E-state index in [0.29, 0.717) is 18.2 Å². The molecule has 0 aliphatic rings. The van der Waals surface area contributed by atoms with E-state index >= 15 is 0 Å². The summed E-state index contributed by atoms with van der Waals surface area (Å²) in [6, 6.07) is 24.0. The molecule has 0 atom stereocenters. The zero-order chi connectivity index (χ0) is 23.2. The van der Waals surface area contributed by atoms with E-state index in [0.717, 1.165) is 28.0 Å². The third kappa shape index (κ3) is 5.11. The smallest absolute Gasteiger partial charge is 0.273 e. The molecule has 0 bridgehead atoms. The lowest BCUT2D eigenvalue weighted by molar-refractivity contribution is 0.0949. The van der Waals surface area contributed by atoms with Crippen molar-refractivity contribution in [2.75, 3.05) is 6.54 Å². The van der Waals surface area contributed by atoms with Gasteiger partial charge in [0.15, 0.2) is 16.7 Å². The van der Waals surface area contributed by atoms with Crippen molar-refractivity contribution in [3.05, 3.63) is 102 Å². The highest BCUT2D eigenvalue weighted by Gasteiger charge is 2.18. The molecule has 2 aromatic carbocycles. The van der Waals surface area contributed by atoms with Crippen molar-refractivity contribution in [2.45, 2.75) is 17.3 Å². The number of aromatic nitrogens is 4. The van der Waals surface area contributed by atoms with E-state index < -0.39 is 0 Å². The van der Waals surface area contributed by atoms with E-state index in [1.165, 1.54) is 23.6 Å². The van der Waals surface area contributed by atoms with Crippen LogP contribution in [0.25, 0.3) is 16.4 Å². The van der Waals surface area contributed by atoms with Crippen LogP contribution in [0.2, 0.25) is 0 Å². The number of nitrogens with one attached hydrogen (secondary N) is 1. The summed E-state index contributed by atoms with van der Waals surface area (Å²) in [4.78, 5) is 17.8. The van der Waals surface area contributed by atoms with Crippen molar-refractivity contribution in [1.82, 2.24) is 25.1 Å². The maximum absolute atomic E-state index is 12.4. The summed E-state index contributed by atoms with van der Waals surface area (Å²) in [6.07, 6.45) is 2.15. The summed E-state index contributed by atoms with van der Waals surface area (Å²) in [5.74, 6) is 1.42. The number of para-hydroxylation sites is 1. The predicted molar refractivity (Wildman–Crippen MR) is 133 cm³/mol. The van der Waals surface area contributed by atoms with Crippen LogP contribution < -0.4 is 5.32 Å². The molecule has 0 radical (unpaired) electrons. The van der Waals surface area contributed by atoms with Gasteiger partial charge in [-0.1, -0.05) is 66.4 Å². The molecule has 34 heavy (non-hydrogen) atoms. The second kappa shape index (κ2) is 10.5. The Morgan fingerprint density at radius 1 is 1.00 bits per heavy atom. The summed E-state index contributed by atoms with van der Waals surface area (Å²) in [5, 5.41) is 14.5. The molecule has 0 aliphatic heterocycles. The number of thioether (sulfide) groups is 1. The minimum absolute atomic E-state index is 0.247. The van der Waals surface area contributed by atoms with E-state index in [4.69, 9.17) is 4.42 Å². The number of oxazole rings is 1. The number of nitrogens with zero attached hydrogens (tertiary/aromatic N) is 4. The molecule has 1 amide bonds. The second-order valence-electron chi connectivity index (χ2n) is 7.36. The molecule has 5 aromatic rings. The summed E-state index contributed by atoms with van der Waals surface area (Å²) < 4.78 is 7.57. The van der Waals surface area contributed by atoms with Gasteiger partial charge in [0, 0.05) is 12.2 Å². The molecule has 7 nitrogen and oxygen atoms in total. The molecule has 1 N–H and O–H groups in total. The lowest BCUT2D eigenvalue weighted by Crippen LogP contribution is -2.26. The second-order valence-corrected chi connectivity index (χ2v) is 9.25. The first-order valence-electron chi connectivity index (χ1n) is 10.7. The van der Waals surface area contributed by atoms with Gasteiger partial charge in [-0.15, -0.1) is 21.5 Å². The van der Waals surface area contributed by atoms with Gasteiger partial charge in [-0.2, -0.15) is 0 Å². The van der Waals surface area contributed by atoms with Gasteiger partial charge in [-0.3, -0.25) is 9.36 Å². The van der Waals surface area contributed by atoms with Gasteiger partial charge in [-0.05, 0) is 35.6 Å². The lowest BCUT2D eigenvalue weighted by atomic mass is 10.1. The highest BCUT2D eigenvalue weighted by molar-refractivity contribution is 7.98. The SMILES string of the molecule is O=C(NCCc1ccccc1)c1coc(CSc2nnc(-c3cccs3)n2-c2ccccc2)n1. The Labute approximate surface area is 204 Å². The maximum Gasteiger partial charge on any atom is 0.273 e. The van der Waals surface area contributed by atoms with E-state index in [1.807, 2.05) is 82.7 Å². The topological polar surface area (TPSA) is 85.8 Å². The van der Waals surface area contributed by atoms with Crippen molar-refractivity contribution >= 4 is 29.0 Å². The fraction of sp³-hybridized carbons (Fsp3) is 0.120. The van der Waals surface area contributed by atoms with Crippen LogP contribution in [0, 0.1) is 0 Å². The molecular weight excluding hydrogens is 466 g/mol. The molecule has 0 fully saturated rings. The molecule has 3 aromatic heterocycles. The molecule has 0 aliphatic carbocycles. The third-order valence-corrected chi connectivity index (χ3v) is 6.82. The van der Waals surface area contributed by atoms with Gasteiger partial charge in [0.2, 0.25) is 5.89 Å². The lowest BCUT2D eigenvalue weighted by Gasteiger charge is -2.08. The van der Waals surface area contributed by atoms with E-state index in [1.54, 1.807) is 11.3 Å². The van der Waals surface area contributed by atoms with Gasteiger partial charge < -0.3 is 9.73 Å². The average molecular weight is 488 g/mol. The highest BCUT2D eigenvalue weighted by atomic mass is 32.2. The Morgan fingerprint density at radius 2 is 1.79 bits per heavy atom. The molecule has 170 valence electrons. The van der Waals surface area contributed by atoms with Gasteiger partial charge >= 0.3 is 0 Å². The summed E-state index contributed by atoms with van der Waals surface area (Å²) in [7, 11) is 0. The number of carbonyl (C=O) groups excluding carboxylic acids is 1. The van der Waals surface area contributed by atoms with Crippen LogP contribution in [-0.4, -0.2) is 32.2 Å². The average Bonchev–Trinajstić information content (AvgIpc) is 3.65. The van der Waals surface area contributed by atoms with Crippen molar-refractivity contribution in [2.24, 2.45) is 0 Å². The van der Waals surface area contributed by atoms with Gasteiger partial charge in [-0.25, -0.2) is 4.98 Å². The first-order valence-corrected chi connectivity index (χ1v) is 12.6. The normalized spacial score (nSPS) is 10.9. The number of hydrogen-bond donors (Lipinski definition) is 1. The minimum atomic E-state index is -0.247. The Morgan fingerprint density at radius 3 is 2.56 bits per heavy atom. The van der Waals surface area contributed by atoms with Crippen LogP contribution in [0.5, 0.6) is 0 Å². The molecule has 3 heterocycles. The van der Waals surface area contributed by atoms with E-state index in [2.05, 4.69) is 20.5 Å². The maximum atomic E-state index is 12.4. The number of hydrogen-bond acceptors (Lipinski definition) is 7. The molecule has 0 unspecified atom stereocenters. The van der Waals surface area contributed by atoms with E-state index in [9.17, 15) is 4.79 Å². The first-order chi connectivity index (χ1) is 16.8. The number of carbonyl (C=O) groups is 1. The monoisotopic (exact) mass is 487 g/mol. The van der Waals surface area contributed by atoms with Gasteiger partial charge in [0.25, 0.3) is 5.91 Å². The number of rotatable bonds is 9. The van der Waals surface area contributed by atoms with Crippen LogP contribution >= 0.6 is 23.1 Å². The Hall–Kier alpha value is -3.69. The Kier molecular flexibility index (Phi) is 6.83. The standard InChI is InChI=1S/C25H21N5O2S2/c31-24(26-14-13-18-8-3-1-4-9-18)20-16-32-22(27-20)17-34-25-29-28-23(21-12-7-15-33-21)30(25)19-10-5-2-6-11-19/h1-12,15-16H,13-14,17H2,(H,26,31). The summed E-state index contributed by atoms with van der Waals surface area (Å²) >= 11 is 3.08. The molecule has 5 rings (SSSR count). The number of benzene rings is 2. The quantitative estimate of drug-likeness (QED) is 0.286. The largest absolute Gasteiger partial charge is 0.447 e. The molecule has 0 saturated carbocycles. The number of thiophene rings is 1. The molecule has 9 heteroatoms. The Balaban J connectivity index is 1.25. The molecular formula is C25H21N5O2S2. The van der Waals surface area contributed by atoms with Crippen molar-refractivity contribution in [3.8, 4) is 16.4 Å². The Bertz CT molecular complexity index is 1350. The van der Waals surface area contributed by atoms with Crippen molar-refractivity contribution < 1.29 is 9.21 Å².